The van der Waals surface area contributed by atoms with Crippen molar-refractivity contribution in [2.45, 2.75) is 19.3 Å². The highest BCUT2D eigenvalue weighted by Gasteiger charge is 2.31. The van der Waals surface area contributed by atoms with Gasteiger partial charge in [-0.1, -0.05) is 72.1 Å². The molecule has 180 valence electrons. The third-order valence-corrected chi connectivity index (χ3v) is 8.08. The molecule has 2 heterocycles. The zero-order valence-electron chi connectivity index (χ0n) is 18.8. The van der Waals surface area contributed by atoms with Gasteiger partial charge in [0.2, 0.25) is 5.88 Å². The number of carbonyl (C=O) groups is 1. The van der Waals surface area contributed by atoms with E-state index in [4.69, 9.17) is 50.0 Å². The summed E-state index contributed by atoms with van der Waals surface area (Å²) in [6.45, 7) is 2.08. The summed E-state index contributed by atoms with van der Waals surface area (Å²) in [6, 6.07) is 18.5. The van der Waals surface area contributed by atoms with E-state index < -0.39 is 11.9 Å². The van der Waals surface area contributed by atoms with Crippen LogP contribution in [0.3, 0.4) is 0 Å². The topological polar surface area (TPSA) is 85.3 Å². The highest BCUT2D eigenvalue weighted by Crippen LogP contribution is 2.44. The molecule has 0 bridgehead atoms. The van der Waals surface area contributed by atoms with Crippen molar-refractivity contribution >= 4 is 62.2 Å². The number of hydrogen-bond donors (Lipinski definition) is 1. The summed E-state index contributed by atoms with van der Waals surface area (Å²) in [6.07, 6.45) is 0.908. The van der Waals surface area contributed by atoms with Crippen LogP contribution in [0.4, 0.5) is 0 Å². The Balaban J connectivity index is 1.49. The first-order chi connectivity index (χ1) is 17.3. The molecule has 9 heteroatoms. The molecule has 1 atom stereocenters. The third-order valence-electron chi connectivity index (χ3n) is 5.96. The summed E-state index contributed by atoms with van der Waals surface area (Å²) >= 11 is 20.0. The number of benzene rings is 3. The molecule has 1 unspecified atom stereocenters. The quantitative estimate of drug-likeness (QED) is 0.205. The number of fused-ring (bicyclic) bond motifs is 2. The first-order valence-corrected chi connectivity index (χ1v) is 12.8. The summed E-state index contributed by atoms with van der Waals surface area (Å²) in [7, 11) is 0. The first-order valence-electron chi connectivity index (χ1n) is 10.9. The van der Waals surface area contributed by atoms with Crippen molar-refractivity contribution < 1.29 is 14.3 Å². The van der Waals surface area contributed by atoms with Crippen molar-refractivity contribution in [3.63, 3.8) is 0 Å². The van der Waals surface area contributed by atoms with Gasteiger partial charge >= 0.3 is 5.97 Å². The summed E-state index contributed by atoms with van der Waals surface area (Å²) in [5.74, 6) is -0.393. The Hall–Kier alpha value is -3.21. The average Bonchev–Trinajstić information content (AvgIpc) is 3.19. The van der Waals surface area contributed by atoms with Crippen molar-refractivity contribution in [3.8, 4) is 17.6 Å². The Morgan fingerprint density at radius 3 is 2.58 bits per heavy atom. The Morgan fingerprint density at radius 2 is 1.89 bits per heavy atom. The van der Waals surface area contributed by atoms with Gasteiger partial charge in [-0.25, -0.2) is 4.79 Å². The van der Waals surface area contributed by atoms with Crippen LogP contribution in [-0.2, 0) is 6.42 Å². The van der Waals surface area contributed by atoms with E-state index in [1.807, 2.05) is 24.3 Å². The molecule has 3 aromatic carbocycles. The van der Waals surface area contributed by atoms with Crippen LogP contribution in [0.15, 0.2) is 66.1 Å². The summed E-state index contributed by atoms with van der Waals surface area (Å²) < 4.78 is 12.0. The van der Waals surface area contributed by atoms with Crippen LogP contribution in [0, 0.1) is 11.3 Å². The van der Waals surface area contributed by atoms with Crippen LogP contribution < -0.4 is 15.2 Å². The fourth-order valence-corrected chi connectivity index (χ4v) is 6.43. The lowest BCUT2D eigenvalue weighted by Gasteiger charge is -2.26. The van der Waals surface area contributed by atoms with Gasteiger partial charge in [-0.2, -0.15) is 5.26 Å². The fraction of sp³-hybridized carbons (Fsp3) is 0.111. The van der Waals surface area contributed by atoms with Crippen molar-refractivity contribution in [1.82, 2.24) is 0 Å². The number of nitrogens with two attached hydrogens (primary N) is 1. The van der Waals surface area contributed by atoms with Crippen LogP contribution in [-0.4, -0.2) is 5.97 Å². The van der Waals surface area contributed by atoms with Gasteiger partial charge in [-0.05, 0) is 35.7 Å². The molecule has 1 aromatic heterocycles. The van der Waals surface area contributed by atoms with Gasteiger partial charge in [-0.15, -0.1) is 11.3 Å². The summed E-state index contributed by atoms with van der Waals surface area (Å²) in [5, 5.41) is 11.3. The SMILES string of the molecule is CCc1ccc(C2C(C#N)=C(N)Oc3cc(OC(=O)c4sc5cc(Cl)cc(Cl)c5c4Cl)ccc32)cc1. The highest BCUT2D eigenvalue weighted by atomic mass is 35.5. The molecule has 1 aliphatic heterocycles. The molecule has 4 aromatic rings. The molecule has 36 heavy (non-hydrogen) atoms. The number of nitrogens with zero attached hydrogens (tertiary/aromatic N) is 1. The van der Waals surface area contributed by atoms with Crippen molar-refractivity contribution in [2.75, 3.05) is 0 Å². The first kappa shape index (κ1) is 24.5. The monoisotopic (exact) mass is 554 g/mol. The van der Waals surface area contributed by atoms with E-state index in [1.54, 1.807) is 30.3 Å². The molecule has 2 N–H and O–H groups in total. The van der Waals surface area contributed by atoms with E-state index in [9.17, 15) is 10.1 Å². The summed E-state index contributed by atoms with van der Waals surface area (Å²) in [5.41, 5.74) is 9.27. The van der Waals surface area contributed by atoms with Crippen LogP contribution in [0.5, 0.6) is 11.5 Å². The van der Waals surface area contributed by atoms with Gasteiger partial charge in [0.15, 0.2) is 0 Å². The number of rotatable bonds is 4. The lowest BCUT2D eigenvalue weighted by molar-refractivity contribution is 0.0740. The second kappa shape index (κ2) is 9.68. The Morgan fingerprint density at radius 1 is 1.14 bits per heavy atom. The van der Waals surface area contributed by atoms with Gasteiger partial charge in [0.25, 0.3) is 0 Å². The number of ether oxygens (including phenoxy) is 2. The lowest BCUT2D eigenvalue weighted by atomic mass is 9.83. The number of aryl methyl sites for hydroxylation is 1. The highest BCUT2D eigenvalue weighted by molar-refractivity contribution is 7.21. The minimum Gasteiger partial charge on any atom is -0.440 e. The molecule has 0 spiro atoms. The third kappa shape index (κ3) is 4.29. The van der Waals surface area contributed by atoms with Crippen LogP contribution >= 0.6 is 46.1 Å². The summed E-state index contributed by atoms with van der Waals surface area (Å²) in [4.78, 5) is 13.2. The molecular formula is C27H17Cl3N2O3S. The van der Waals surface area contributed by atoms with E-state index >= 15 is 0 Å². The van der Waals surface area contributed by atoms with Gasteiger partial charge in [0, 0.05) is 26.7 Å². The fourth-order valence-electron chi connectivity index (χ4n) is 4.18. The predicted octanol–water partition coefficient (Wildman–Crippen LogP) is 7.86. The van der Waals surface area contributed by atoms with Gasteiger partial charge < -0.3 is 15.2 Å². The molecule has 0 amide bonds. The maximum absolute atomic E-state index is 13.0. The van der Waals surface area contributed by atoms with Crippen molar-refractivity contribution in [3.05, 3.63) is 103 Å². The Labute approximate surface area is 226 Å². The number of esters is 1. The van der Waals surface area contributed by atoms with E-state index in [1.165, 1.54) is 5.56 Å². The molecule has 0 saturated heterocycles. The van der Waals surface area contributed by atoms with Crippen molar-refractivity contribution in [1.29, 1.82) is 5.26 Å². The molecule has 1 aliphatic rings. The molecule has 5 rings (SSSR count). The minimum absolute atomic E-state index is 0.0112. The largest absolute Gasteiger partial charge is 0.440 e. The van der Waals surface area contributed by atoms with Crippen LogP contribution in [0.2, 0.25) is 15.1 Å². The predicted molar refractivity (Wildman–Crippen MR) is 143 cm³/mol. The van der Waals surface area contributed by atoms with Crippen molar-refractivity contribution in [2.24, 2.45) is 5.73 Å². The minimum atomic E-state index is -0.642. The van der Waals surface area contributed by atoms with E-state index in [0.29, 0.717) is 31.5 Å². The normalized spacial score (nSPS) is 14.8. The second-order valence-corrected chi connectivity index (χ2v) is 10.4. The molecule has 0 aliphatic carbocycles. The Bertz CT molecular complexity index is 1600. The van der Waals surface area contributed by atoms with Gasteiger partial charge in [-0.3, -0.25) is 0 Å². The molecule has 0 fully saturated rings. The number of halogens is 3. The maximum Gasteiger partial charge on any atom is 0.355 e. The molecule has 5 nitrogen and oxygen atoms in total. The van der Waals surface area contributed by atoms with Crippen LogP contribution in [0.25, 0.3) is 10.1 Å². The molecule has 0 radical (unpaired) electrons. The number of thiophene rings is 1. The second-order valence-electron chi connectivity index (χ2n) is 8.12. The average molecular weight is 556 g/mol. The number of allylic oxidation sites excluding steroid dienone is 1. The standard InChI is InChI=1S/C27H17Cl3N2O3S/c1-2-13-3-5-14(6-4-13)22-17-8-7-16(11-20(17)35-26(32)18(22)12-31)34-27(33)25-24(30)23-19(29)9-15(28)10-21(23)36-25/h3-11,22H,2,32H2,1H3. The number of hydrogen-bond acceptors (Lipinski definition) is 6. The van der Waals surface area contributed by atoms with E-state index in [0.717, 1.165) is 28.9 Å². The lowest BCUT2D eigenvalue weighted by Crippen LogP contribution is -2.21. The number of nitriles is 1. The van der Waals surface area contributed by atoms with Crippen LogP contribution in [0.1, 0.15) is 39.2 Å². The molecule has 0 saturated carbocycles. The van der Waals surface area contributed by atoms with E-state index in [2.05, 4.69) is 13.0 Å². The zero-order chi connectivity index (χ0) is 25.6. The Kier molecular flexibility index (Phi) is 6.59. The van der Waals surface area contributed by atoms with Gasteiger partial charge in [0.05, 0.1) is 16.0 Å². The zero-order valence-corrected chi connectivity index (χ0v) is 21.9. The maximum atomic E-state index is 13.0. The smallest absolute Gasteiger partial charge is 0.355 e. The van der Waals surface area contributed by atoms with E-state index in [-0.39, 0.29) is 21.5 Å². The van der Waals surface area contributed by atoms with Gasteiger partial charge in [0.1, 0.15) is 28.0 Å². The number of carbonyl (C=O) groups excluding carboxylic acids is 1. The molecular weight excluding hydrogens is 539 g/mol.